The highest BCUT2D eigenvalue weighted by Gasteiger charge is 2.48. The lowest BCUT2D eigenvalue weighted by atomic mass is 9.90. The summed E-state index contributed by atoms with van der Waals surface area (Å²) in [6.45, 7) is -2.28. The first-order chi connectivity index (χ1) is 10.4. The summed E-state index contributed by atoms with van der Waals surface area (Å²) < 4.78 is 0. The van der Waals surface area contributed by atoms with E-state index in [0.29, 0.717) is 0 Å². The summed E-state index contributed by atoms with van der Waals surface area (Å²) in [5.74, 6) is -0.796. The predicted octanol–water partition coefficient (Wildman–Crippen LogP) is -2.62. The monoisotopic (exact) mass is 315 g/mol. The summed E-state index contributed by atoms with van der Waals surface area (Å²) in [5, 5.41) is 47.9. The van der Waals surface area contributed by atoms with Crippen molar-refractivity contribution in [2.24, 2.45) is 0 Å². The van der Waals surface area contributed by atoms with Crippen molar-refractivity contribution in [3.63, 3.8) is 0 Å². The standard InChI is InChI=1S/C13H21N3O6/c1-12(5-17,6-18)16(13(7-19,8-20)9-21)11(22)10-4-14-2-3-15-10/h2-4,17-21H,5-9H2,1H3. The Morgan fingerprint density at radius 1 is 1.05 bits per heavy atom. The zero-order valence-corrected chi connectivity index (χ0v) is 12.3. The van der Waals surface area contributed by atoms with Crippen molar-refractivity contribution >= 4 is 5.91 Å². The van der Waals surface area contributed by atoms with Crippen LogP contribution >= 0.6 is 0 Å². The second-order valence-corrected chi connectivity index (χ2v) is 5.24. The molecular formula is C13H21N3O6. The van der Waals surface area contributed by atoms with Crippen LogP contribution < -0.4 is 0 Å². The largest absolute Gasteiger partial charge is 0.394 e. The minimum Gasteiger partial charge on any atom is -0.394 e. The van der Waals surface area contributed by atoms with Gasteiger partial charge in [-0.2, -0.15) is 0 Å². The van der Waals surface area contributed by atoms with Gasteiger partial charge in [0.05, 0.1) is 44.8 Å². The van der Waals surface area contributed by atoms with E-state index in [4.69, 9.17) is 0 Å². The molecular weight excluding hydrogens is 294 g/mol. The molecule has 0 unspecified atom stereocenters. The zero-order valence-electron chi connectivity index (χ0n) is 12.3. The van der Waals surface area contributed by atoms with Crippen molar-refractivity contribution in [3.05, 3.63) is 24.3 Å². The summed E-state index contributed by atoms with van der Waals surface area (Å²) in [6, 6.07) is 0. The minimum atomic E-state index is -1.78. The molecule has 0 fully saturated rings. The van der Waals surface area contributed by atoms with Crippen LogP contribution in [0.1, 0.15) is 17.4 Å². The first kappa shape index (κ1) is 18.4. The van der Waals surface area contributed by atoms with Gasteiger partial charge in [-0.1, -0.05) is 0 Å². The number of aromatic nitrogens is 2. The second-order valence-electron chi connectivity index (χ2n) is 5.24. The van der Waals surface area contributed by atoms with Crippen LogP contribution in [0.2, 0.25) is 0 Å². The van der Waals surface area contributed by atoms with Crippen LogP contribution in [-0.2, 0) is 0 Å². The lowest BCUT2D eigenvalue weighted by Crippen LogP contribution is -2.69. The molecule has 0 bridgehead atoms. The van der Waals surface area contributed by atoms with Gasteiger partial charge in [0.15, 0.2) is 0 Å². The van der Waals surface area contributed by atoms with Crippen molar-refractivity contribution in [3.8, 4) is 0 Å². The van der Waals surface area contributed by atoms with Crippen LogP contribution in [0.5, 0.6) is 0 Å². The van der Waals surface area contributed by atoms with Crippen LogP contribution in [0.4, 0.5) is 0 Å². The highest BCUT2D eigenvalue weighted by molar-refractivity contribution is 5.93. The lowest BCUT2D eigenvalue weighted by Gasteiger charge is -2.49. The topological polar surface area (TPSA) is 147 Å². The van der Waals surface area contributed by atoms with Gasteiger partial charge < -0.3 is 30.4 Å². The Morgan fingerprint density at radius 3 is 1.95 bits per heavy atom. The van der Waals surface area contributed by atoms with Crippen molar-refractivity contribution in [2.45, 2.75) is 18.0 Å². The van der Waals surface area contributed by atoms with Gasteiger partial charge in [-0.25, -0.2) is 4.98 Å². The summed E-state index contributed by atoms with van der Waals surface area (Å²) in [6.07, 6.45) is 3.80. The molecule has 124 valence electrons. The van der Waals surface area contributed by atoms with E-state index in [-0.39, 0.29) is 5.69 Å². The van der Waals surface area contributed by atoms with Gasteiger partial charge in [0.25, 0.3) is 5.91 Å². The Kier molecular flexibility index (Phi) is 6.33. The molecule has 1 rings (SSSR count). The Labute approximate surface area is 127 Å². The molecule has 1 heterocycles. The Morgan fingerprint density at radius 2 is 1.59 bits per heavy atom. The van der Waals surface area contributed by atoms with Crippen molar-refractivity contribution in [1.29, 1.82) is 0 Å². The predicted molar refractivity (Wildman–Crippen MR) is 74.8 cm³/mol. The third kappa shape index (κ3) is 3.23. The first-order valence-corrected chi connectivity index (χ1v) is 6.59. The van der Waals surface area contributed by atoms with Crippen LogP contribution in [0, 0.1) is 0 Å². The zero-order chi connectivity index (χ0) is 16.8. The summed E-state index contributed by atoms with van der Waals surface area (Å²) in [7, 11) is 0. The van der Waals surface area contributed by atoms with Gasteiger partial charge in [-0.15, -0.1) is 0 Å². The van der Waals surface area contributed by atoms with Gasteiger partial charge in [-0.3, -0.25) is 9.78 Å². The highest BCUT2D eigenvalue weighted by Crippen LogP contribution is 2.27. The number of aliphatic hydroxyl groups is 5. The smallest absolute Gasteiger partial charge is 0.275 e. The maximum absolute atomic E-state index is 12.7. The highest BCUT2D eigenvalue weighted by atomic mass is 16.3. The fourth-order valence-corrected chi connectivity index (χ4v) is 2.11. The number of carbonyl (C=O) groups excluding carboxylic acids is 1. The second kappa shape index (κ2) is 7.56. The van der Waals surface area contributed by atoms with E-state index in [0.717, 1.165) is 4.90 Å². The Bertz CT molecular complexity index is 468. The molecule has 9 nitrogen and oxygen atoms in total. The van der Waals surface area contributed by atoms with Gasteiger partial charge in [0.2, 0.25) is 0 Å². The van der Waals surface area contributed by atoms with E-state index < -0.39 is 50.0 Å². The Balaban J connectivity index is 3.43. The van der Waals surface area contributed by atoms with E-state index >= 15 is 0 Å². The molecule has 0 radical (unpaired) electrons. The SMILES string of the molecule is CC(CO)(CO)N(C(=O)c1cnccn1)C(CO)(CO)CO. The minimum absolute atomic E-state index is 0.115. The molecule has 1 aromatic rings. The summed E-state index contributed by atoms with van der Waals surface area (Å²) in [5.41, 5.74) is -3.44. The summed E-state index contributed by atoms with van der Waals surface area (Å²) >= 11 is 0. The van der Waals surface area contributed by atoms with Crippen molar-refractivity contribution < 1.29 is 30.3 Å². The van der Waals surface area contributed by atoms with E-state index in [1.165, 1.54) is 25.5 Å². The van der Waals surface area contributed by atoms with Gasteiger partial charge in [-0.05, 0) is 6.92 Å². The molecule has 0 saturated heterocycles. The quantitative estimate of drug-likeness (QED) is 0.350. The lowest BCUT2D eigenvalue weighted by molar-refractivity contribution is -0.101. The molecule has 0 aliphatic carbocycles. The fraction of sp³-hybridized carbons (Fsp3) is 0.615. The van der Waals surface area contributed by atoms with Gasteiger partial charge >= 0.3 is 0 Å². The molecule has 0 aliphatic rings. The molecule has 1 aromatic heterocycles. The number of amides is 1. The molecule has 0 atom stereocenters. The van der Waals surface area contributed by atoms with Gasteiger partial charge in [0.1, 0.15) is 11.2 Å². The van der Waals surface area contributed by atoms with E-state index in [9.17, 15) is 30.3 Å². The molecule has 5 N–H and O–H groups in total. The van der Waals surface area contributed by atoms with E-state index in [2.05, 4.69) is 9.97 Å². The first-order valence-electron chi connectivity index (χ1n) is 6.59. The molecule has 0 spiro atoms. The molecule has 0 saturated carbocycles. The third-order valence-corrected chi connectivity index (χ3v) is 3.56. The van der Waals surface area contributed by atoms with Crippen molar-refractivity contribution in [1.82, 2.24) is 14.9 Å². The number of carbonyl (C=O) groups is 1. The fourth-order valence-electron chi connectivity index (χ4n) is 2.11. The average molecular weight is 315 g/mol. The maximum atomic E-state index is 12.7. The average Bonchev–Trinajstić information content (AvgIpc) is 2.59. The third-order valence-electron chi connectivity index (χ3n) is 3.56. The summed E-state index contributed by atoms with van der Waals surface area (Å²) in [4.78, 5) is 21.2. The number of rotatable bonds is 8. The van der Waals surface area contributed by atoms with E-state index in [1.54, 1.807) is 0 Å². The van der Waals surface area contributed by atoms with Gasteiger partial charge in [0, 0.05) is 12.4 Å². The maximum Gasteiger partial charge on any atom is 0.275 e. The van der Waals surface area contributed by atoms with Crippen LogP contribution in [-0.4, -0.2) is 90.4 Å². The molecule has 9 heteroatoms. The number of nitrogens with zero attached hydrogens (tertiary/aromatic N) is 3. The Hall–Kier alpha value is -1.65. The number of aliphatic hydroxyl groups excluding tert-OH is 5. The van der Waals surface area contributed by atoms with Crippen LogP contribution in [0.3, 0.4) is 0 Å². The molecule has 0 aliphatic heterocycles. The van der Waals surface area contributed by atoms with E-state index in [1.807, 2.05) is 0 Å². The molecule has 22 heavy (non-hydrogen) atoms. The van der Waals surface area contributed by atoms with Crippen LogP contribution in [0.25, 0.3) is 0 Å². The normalized spacial score (nSPS) is 12.3. The molecule has 0 aromatic carbocycles. The number of hydrogen-bond acceptors (Lipinski definition) is 8. The van der Waals surface area contributed by atoms with Crippen LogP contribution in [0.15, 0.2) is 18.6 Å². The van der Waals surface area contributed by atoms with Crippen molar-refractivity contribution in [2.75, 3.05) is 33.0 Å². The molecule has 1 amide bonds. The number of hydrogen-bond donors (Lipinski definition) is 5.